The number of hydrogen-bond donors (Lipinski definition) is 2. The van der Waals surface area contributed by atoms with E-state index in [0.717, 1.165) is 24.3 Å². The number of aliphatic hydroxyl groups is 1. The maximum Gasteiger partial charge on any atom is 0.446 e. The van der Waals surface area contributed by atoms with Crippen LogP contribution < -0.4 is 5.73 Å². The number of alkyl halides is 6. The van der Waals surface area contributed by atoms with E-state index in [9.17, 15) is 26.3 Å². The number of halogens is 7. The summed E-state index contributed by atoms with van der Waals surface area (Å²) in [5.41, 5.74) is 0.625. The zero-order chi connectivity index (χ0) is 14.8. The Morgan fingerprint density at radius 1 is 1.00 bits per heavy atom. The van der Waals surface area contributed by atoms with Crippen molar-refractivity contribution in [3.05, 3.63) is 29.8 Å². The Labute approximate surface area is 120 Å². The number of rotatable bonds is 3. The largest absolute Gasteiger partial charge is 0.446 e. The molecule has 0 saturated carbocycles. The third-order valence-electron chi connectivity index (χ3n) is 2.17. The van der Waals surface area contributed by atoms with Gasteiger partial charge in [-0.1, -0.05) is 12.1 Å². The van der Waals surface area contributed by atoms with Gasteiger partial charge in [-0.05, 0) is 29.5 Å². The van der Waals surface area contributed by atoms with Crippen molar-refractivity contribution in [2.75, 3.05) is 0 Å². The fourth-order valence-corrected chi connectivity index (χ4v) is 1.82. The van der Waals surface area contributed by atoms with Crippen molar-refractivity contribution >= 4 is 24.2 Å². The van der Waals surface area contributed by atoms with E-state index in [0.29, 0.717) is 0 Å². The first-order valence-electron chi connectivity index (χ1n) is 4.87. The number of nitrogens with two attached hydrogens (primary N) is 1. The van der Waals surface area contributed by atoms with Crippen LogP contribution in [-0.4, -0.2) is 22.9 Å². The molecule has 2 atom stereocenters. The van der Waals surface area contributed by atoms with Gasteiger partial charge in [-0.3, -0.25) is 0 Å². The number of benzene rings is 1. The maximum atomic E-state index is 12.2. The summed E-state index contributed by atoms with van der Waals surface area (Å²) < 4.78 is 72.7. The Balaban J connectivity index is 0.00000361. The van der Waals surface area contributed by atoms with Crippen LogP contribution in [0.5, 0.6) is 0 Å². The third-order valence-corrected chi connectivity index (χ3v) is 2.91. The van der Waals surface area contributed by atoms with E-state index in [4.69, 9.17) is 10.8 Å². The van der Waals surface area contributed by atoms with Crippen LogP contribution in [0.25, 0.3) is 0 Å². The first-order valence-corrected chi connectivity index (χ1v) is 5.68. The highest BCUT2D eigenvalue weighted by Gasteiger charge is 2.42. The lowest BCUT2D eigenvalue weighted by Crippen LogP contribution is -2.38. The second-order valence-corrected chi connectivity index (χ2v) is 4.77. The lowest BCUT2D eigenvalue weighted by atomic mass is 10.0. The van der Waals surface area contributed by atoms with Crippen LogP contribution in [0.15, 0.2) is 29.2 Å². The standard InChI is InChI=1S/C10H9F6NOS.ClH/c11-9(12,13)8(18)7(17)5-1-3-6(4-2-5)19-10(14,15)16;/h1-4,7-8,18H,17H2;1H/t7-,8-;/m1./s1. The molecule has 0 bridgehead atoms. The summed E-state index contributed by atoms with van der Waals surface area (Å²) in [6, 6.07) is 2.29. The van der Waals surface area contributed by atoms with Gasteiger partial charge in [0.15, 0.2) is 6.10 Å². The molecule has 1 aromatic rings. The summed E-state index contributed by atoms with van der Waals surface area (Å²) in [4.78, 5) is -0.176. The van der Waals surface area contributed by atoms with Crippen molar-refractivity contribution in [3.63, 3.8) is 0 Å². The predicted molar refractivity (Wildman–Crippen MR) is 64.6 cm³/mol. The van der Waals surface area contributed by atoms with Crippen LogP contribution in [0.3, 0.4) is 0 Å². The maximum absolute atomic E-state index is 12.2. The molecular weight excluding hydrogens is 332 g/mol. The van der Waals surface area contributed by atoms with Crippen molar-refractivity contribution < 1.29 is 31.4 Å². The molecule has 1 aromatic carbocycles. The Morgan fingerprint density at radius 3 is 1.80 bits per heavy atom. The van der Waals surface area contributed by atoms with E-state index < -0.39 is 35.6 Å². The highest BCUT2D eigenvalue weighted by atomic mass is 35.5. The molecule has 0 aliphatic rings. The average Bonchev–Trinajstić information content (AvgIpc) is 2.24. The zero-order valence-corrected chi connectivity index (χ0v) is 11.2. The summed E-state index contributed by atoms with van der Waals surface area (Å²) in [7, 11) is 0. The smallest absolute Gasteiger partial charge is 0.382 e. The molecule has 0 fully saturated rings. The van der Waals surface area contributed by atoms with Gasteiger partial charge in [-0.15, -0.1) is 12.4 Å². The van der Waals surface area contributed by atoms with Crippen molar-refractivity contribution in [2.24, 2.45) is 5.73 Å². The van der Waals surface area contributed by atoms with Gasteiger partial charge in [0.1, 0.15) is 0 Å². The van der Waals surface area contributed by atoms with Gasteiger partial charge in [-0.2, -0.15) is 26.3 Å². The molecule has 3 N–H and O–H groups in total. The topological polar surface area (TPSA) is 46.2 Å². The molecule has 0 spiro atoms. The quantitative estimate of drug-likeness (QED) is 0.652. The van der Waals surface area contributed by atoms with Crippen LogP contribution in [-0.2, 0) is 0 Å². The average molecular weight is 342 g/mol. The first kappa shape index (κ1) is 19.4. The van der Waals surface area contributed by atoms with Gasteiger partial charge in [0.2, 0.25) is 0 Å². The second-order valence-electron chi connectivity index (χ2n) is 3.63. The minimum Gasteiger partial charge on any atom is -0.382 e. The molecule has 0 amide bonds. The van der Waals surface area contributed by atoms with E-state index in [1.165, 1.54) is 0 Å². The van der Waals surface area contributed by atoms with E-state index >= 15 is 0 Å². The SMILES string of the molecule is Cl.N[C@H](c1ccc(SC(F)(F)F)cc1)[C@@H](O)C(F)(F)F. The van der Waals surface area contributed by atoms with Gasteiger partial charge in [0.25, 0.3) is 0 Å². The van der Waals surface area contributed by atoms with Gasteiger partial charge in [0.05, 0.1) is 6.04 Å². The Hall–Kier alpha value is -0.640. The van der Waals surface area contributed by atoms with Crippen LogP contribution >= 0.6 is 24.2 Å². The molecular formula is C10H10ClF6NOS. The van der Waals surface area contributed by atoms with E-state index in [1.54, 1.807) is 0 Å². The third kappa shape index (κ3) is 5.78. The molecule has 0 heterocycles. The molecule has 1 rings (SSSR count). The molecule has 2 nitrogen and oxygen atoms in total. The molecule has 0 aliphatic heterocycles. The van der Waals surface area contributed by atoms with Gasteiger partial charge in [0, 0.05) is 4.90 Å². The lowest BCUT2D eigenvalue weighted by Gasteiger charge is -2.21. The fraction of sp³-hybridized carbons (Fsp3) is 0.400. The molecule has 0 saturated heterocycles. The molecule has 116 valence electrons. The summed E-state index contributed by atoms with van der Waals surface area (Å²) >= 11 is -0.390. The molecule has 0 unspecified atom stereocenters. The minimum absolute atomic E-state index is 0. The van der Waals surface area contributed by atoms with E-state index in [1.807, 2.05) is 0 Å². The van der Waals surface area contributed by atoms with Crippen molar-refractivity contribution in [1.82, 2.24) is 0 Å². The minimum atomic E-state index is -4.89. The van der Waals surface area contributed by atoms with Crippen LogP contribution in [0.1, 0.15) is 11.6 Å². The molecule has 20 heavy (non-hydrogen) atoms. The van der Waals surface area contributed by atoms with Gasteiger partial charge < -0.3 is 10.8 Å². The number of hydrogen-bond acceptors (Lipinski definition) is 3. The highest BCUT2D eigenvalue weighted by molar-refractivity contribution is 8.00. The van der Waals surface area contributed by atoms with Gasteiger partial charge >= 0.3 is 11.7 Å². The van der Waals surface area contributed by atoms with Crippen LogP contribution in [0.2, 0.25) is 0 Å². The van der Waals surface area contributed by atoms with Crippen LogP contribution in [0, 0.1) is 0 Å². The zero-order valence-electron chi connectivity index (χ0n) is 9.57. The van der Waals surface area contributed by atoms with Crippen LogP contribution in [0.4, 0.5) is 26.3 Å². The number of thioether (sulfide) groups is 1. The summed E-state index contributed by atoms with van der Waals surface area (Å²) in [6.07, 6.45) is -7.66. The number of aliphatic hydroxyl groups excluding tert-OH is 1. The summed E-state index contributed by atoms with van der Waals surface area (Å²) in [6.45, 7) is 0. The summed E-state index contributed by atoms with van der Waals surface area (Å²) in [5, 5.41) is 8.93. The molecule has 0 aliphatic carbocycles. The van der Waals surface area contributed by atoms with E-state index in [-0.39, 0.29) is 22.9 Å². The Bertz CT molecular complexity index is 421. The fourth-order valence-electron chi connectivity index (χ4n) is 1.28. The monoisotopic (exact) mass is 341 g/mol. The highest BCUT2D eigenvalue weighted by Crippen LogP contribution is 2.37. The second kappa shape index (κ2) is 6.88. The lowest BCUT2D eigenvalue weighted by molar-refractivity contribution is -0.210. The normalized spacial score (nSPS) is 15.4. The Kier molecular flexibility index (Phi) is 6.66. The molecule has 0 aromatic heterocycles. The van der Waals surface area contributed by atoms with E-state index in [2.05, 4.69) is 0 Å². The van der Waals surface area contributed by atoms with Gasteiger partial charge in [-0.25, -0.2) is 0 Å². The van der Waals surface area contributed by atoms with Crippen molar-refractivity contribution in [1.29, 1.82) is 0 Å². The van der Waals surface area contributed by atoms with Crippen molar-refractivity contribution in [2.45, 2.75) is 28.7 Å². The predicted octanol–water partition coefficient (Wildman–Crippen LogP) is 3.64. The first-order chi connectivity index (χ1) is 8.50. The summed E-state index contributed by atoms with van der Waals surface area (Å²) in [5.74, 6) is 0. The molecule has 0 radical (unpaired) electrons. The molecule has 10 heteroatoms. The van der Waals surface area contributed by atoms with Crippen molar-refractivity contribution in [3.8, 4) is 0 Å². The Morgan fingerprint density at radius 2 is 1.45 bits per heavy atom.